The lowest BCUT2D eigenvalue weighted by molar-refractivity contribution is -0.115. The van der Waals surface area contributed by atoms with Crippen LogP contribution in [0.1, 0.15) is 5.56 Å². The topological polar surface area (TPSA) is 115 Å². The zero-order valence-corrected chi connectivity index (χ0v) is 23.1. The number of H-pyrrole nitrogens is 1. The number of benzene rings is 2. The fraction of sp³-hybridized carbons (Fsp3) is 0.290. The maximum absolute atomic E-state index is 12.8. The molecule has 4 heterocycles. The van der Waals surface area contributed by atoms with Crippen LogP contribution in [0.15, 0.2) is 73.1 Å². The van der Waals surface area contributed by atoms with Gasteiger partial charge in [0.05, 0.1) is 25.0 Å². The number of aromatic amines is 1. The third-order valence-electron chi connectivity index (χ3n) is 7.33. The second kappa shape index (κ2) is 12.5. The van der Waals surface area contributed by atoms with Gasteiger partial charge >= 0.3 is 0 Å². The fourth-order valence-electron chi connectivity index (χ4n) is 5.09. The molecule has 0 bridgehead atoms. The number of carbonyl (C=O) groups is 2. The van der Waals surface area contributed by atoms with Gasteiger partial charge in [0, 0.05) is 55.9 Å². The molecule has 4 aromatic rings. The molecular weight excluding hydrogens is 537 g/mol. The van der Waals surface area contributed by atoms with Gasteiger partial charge in [0.15, 0.2) is 0 Å². The van der Waals surface area contributed by atoms with Gasteiger partial charge < -0.3 is 25.3 Å². The number of ether oxygens (including phenoxy) is 1. The van der Waals surface area contributed by atoms with E-state index in [0.717, 1.165) is 46.8 Å². The molecule has 2 fully saturated rings. The molecule has 0 atom stereocenters. The predicted molar refractivity (Wildman–Crippen MR) is 160 cm³/mol. The van der Waals surface area contributed by atoms with Crippen LogP contribution >= 0.6 is 0 Å². The van der Waals surface area contributed by atoms with Crippen molar-refractivity contribution < 1.29 is 18.7 Å². The Morgan fingerprint density at radius 2 is 1.71 bits per heavy atom. The molecule has 2 saturated heterocycles. The predicted octanol–water partition coefficient (Wildman–Crippen LogP) is 3.79. The molecule has 3 N–H and O–H groups in total. The quantitative estimate of drug-likeness (QED) is 0.263. The molecule has 2 aromatic carbocycles. The summed E-state index contributed by atoms with van der Waals surface area (Å²) in [7, 11) is 0. The lowest BCUT2D eigenvalue weighted by Crippen LogP contribution is -2.48. The Balaban J connectivity index is 1.01. The molecule has 0 radical (unpaired) electrons. The summed E-state index contributed by atoms with van der Waals surface area (Å²) in [4.78, 5) is 41.2. The van der Waals surface area contributed by atoms with Gasteiger partial charge in [0.25, 0.3) is 0 Å². The highest BCUT2D eigenvalue weighted by Gasteiger charge is 2.24. The van der Waals surface area contributed by atoms with E-state index < -0.39 is 6.17 Å². The Labute approximate surface area is 242 Å². The number of hydrogen-bond donors (Lipinski definition) is 3. The van der Waals surface area contributed by atoms with Crippen LogP contribution in [0.2, 0.25) is 0 Å². The van der Waals surface area contributed by atoms with Gasteiger partial charge in [-0.05, 0) is 41.5 Å². The van der Waals surface area contributed by atoms with Gasteiger partial charge in [0.2, 0.25) is 11.8 Å². The summed E-state index contributed by atoms with van der Waals surface area (Å²) >= 11 is 0. The molecule has 0 aliphatic carbocycles. The molecule has 11 heteroatoms. The molecule has 2 aliphatic rings. The third kappa shape index (κ3) is 6.64. The summed E-state index contributed by atoms with van der Waals surface area (Å²) in [5, 5.41) is 6.70. The number of carbonyl (C=O) groups excluding carboxylic acids is 2. The summed E-state index contributed by atoms with van der Waals surface area (Å²) in [5.74, 6) is 0.511. The summed E-state index contributed by atoms with van der Waals surface area (Å²) < 4.78 is 18.3. The SMILES string of the molecule is O=C(/C=C/CN1CC(F)C1)Nc1ccc(CC(=O)Nc2ccc(-c3cc4c(N5CCOCC5)ncnc4[nH]3)cc2)cc1. The van der Waals surface area contributed by atoms with Crippen LogP contribution in [0.4, 0.5) is 21.6 Å². The molecular formula is C31H32FN7O3. The highest BCUT2D eigenvalue weighted by molar-refractivity contribution is 5.99. The van der Waals surface area contributed by atoms with Crippen molar-refractivity contribution >= 4 is 40.0 Å². The van der Waals surface area contributed by atoms with Crippen LogP contribution in [0.25, 0.3) is 22.3 Å². The lowest BCUT2D eigenvalue weighted by Gasteiger charge is -2.33. The Morgan fingerprint density at radius 1 is 1.00 bits per heavy atom. The number of nitrogens with one attached hydrogen (secondary N) is 3. The van der Waals surface area contributed by atoms with Crippen molar-refractivity contribution in [2.24, 2.45) is 0 Å². The number of halogens is 1. The molecule has 0 saturated carbocycles. The summed E-state index contributed by atoms with van der Waals surface area (Å²) in [6, 6.07) is 16.9. The largest absolute Gasteiger partial charge is 0.378 e. The van der Waals surface area contributed by atoms with Crippen LogP contribution in [0, 0.1) is 0 Å². The minimum absolute atomic E-state index is 0.139. The first-order valence-corrected chi connectivity index (χ1v) is 14.0. The number of amides is 2. The molecule has 2 amide bonds. The van der Waals surface area contributed by atoms with Crippen LogP contribution in [-0.2, 0) is 20.7 Å². The van der Waals surface area contributed by atoms with Crippen LogP contribution in [0.5, 0.6) is 0 Å². The maximum atomic E-state index is 12.8. The summed E-state index contributed by atoms with van der Waals surface area (Å²) in [6.07, 6.45) is 4.20. The average Bonchev–Trinajstić information content (AvgIpc) is 3.43. The first kappa shape index (κ1) is 27.6. The smallest absolute Gasteiger partial charge is 0.248 e. The molecule has 2 aliphatic heterocycles. The Hall–Kier alpha value is -4.61. The molecule has 0 spiro atoms. The van der Waals surface area contributed by atoms with Crippen LogP contribution in [-0.4, -0.2) is 83.8 Å². The Bertz CT molecular complexity index is 1570. The summed E-state index contributed by atoms with van der Waals surface area (Å²) in [5.41, 5.74) is 4.83. The lowest BCUT2D eigenvalue weighted by atomic mass is 10.1. The van der Waals surface area contributed by atoms with Gasteiger partial charge in [-0.2, -0.15) is 0 Å². The minimum Gasteiger partial charge on any atom is -0.378 e. The minimum atomic E-state index is -0.754. The zero-order chi connectivity index (χ0) is 28.9. The molecule has 10 nitrogen and oxygen atoms in total. The third-order valence-corrected chi connectivity index (χ3v) is 7.33. The van der Waals surface area contributed by atoms with Crippen molar-refractivity contribution in [2.45, 2.75) is 12.6 Å². The zero-order valence-electron chi connectivity index (χ0n) is 23.1. The van der Waals surface area contributed by atoms with E-state index in [-0.39, 0.29) is 18.2 Å². The number of hydrogen-bond acceptors (Lipinski definition) is 7. The van der Waals surface area contributed by atoms with Crippen molar-refractivity contribution in [3.63, 3.8) is 0 Å². The second-order valence-electron chi connectivity index (χ2n) is 10.4. The number of fused-ring (bicyclic) bond motifs is 1. The number of likely N-dealkylation sites (tertiary alicyclic amines) is 1. The van der Waals surface area contributed by atoms with Gasteiger partial charge in [0.1, 0.15) is 24.0 Å². The normalized spacial score (nSPS) is 16.1. The fourth-order valence-corrected chi connectivity index (χ4v) is 5.09. The second-order valence-corrected chi connectivity index (χ2v) is 10.4. The standard InChI is InChI=1S/C31H32FN7O3/c32-23-18-38(19-23)11-1-2-28(40)35-24-7-3-21(4-8-24)16-29(41)36-25-9-5-22(6-10-25)27-17-26-30(37-27)33-20-34-31(26)39-12-14-42-15-13-39/h1-10,17,20,23H,11-16,18-19H2,(H,35,40)(H,36,41)(H,33,34,37)/b2-1+. The maximum Gasteiger partial charge on any atom is 0.248 e. The van der Waals surface area contributed by atoms with Crippen molar-refractivity contribution in [3.05, 3.63) is 78.6 Å². The number of nitrogens with zero attached hydrogens (tertiary/aromatic N) is 4. The number of rotatable bonds is 9. The monoisotopic (exact) mass is 569 g/mol. The molecule has 6 rings (SSSR count). The molecule has 216 valence electrons. The van der Waals surface area contributed by atoms with Crippen LogP contribution < -0.4 is 15.5 Å². The van der Waals surface area contributed by atoms with Gasteiger partial charge in [-0.15, -0.1) is 0 Å². The van der Waals surface area contributed by atoms with E-state index in [1.807, 2.05) is 41.3 Å². The number of alkyl halides is 1. The van der Waals surface area contributed by atoms with E-state index >= 15 is 0 Å². The number of aromatic nitrogens is 3. The number of morpholine rings is 1. The Morgan fingerprint density at radius 3 is 2.45 bits per heavy atom. The van der Waals surface area contributed by atoms with Crippen molar-refractivity contribution in [1.29, 1.82) is 0 Å². The van der Waals surface area contributed by atoms with E-state index in [9.17, 15) is 14.0 Å². The van der Waals surface area contributed by atoms with Gasteiger partial charge in [-0.25, -0.2) is 14.4 Å². The van der Waals surface area contributed by atoms with E-state index in [4.69, 9.17) is 4.74 Å². The highest BCUT2D eigenvalue weighted by Crippen LogP contribution is 2.29. The van der Waals surface area contributed by atoms with Gasteiger partial charge in [-0.3, -0.25) is 14.5 Å². The number of anilines is 3. The van der Waals surface area contributed by atoms with Crippen molar-refractivity contribution in [1.82, 2.24) is 19.9 Å². The average molecular weight is 570 g/mol. The van der Waals surface area contributed by atoms with E-state index in [2.05, 4.69) is 36.6 Å². The Kier molecular flexibility index (Phi) is 8.20. The van der Waals surface area contributed by atoms with E-state index in [1.54, 1.807) is 24.5 Å². The first-order chi connectivity index (χ1) is 20.5. The van der Waals surface area contributed by atoms with Gasteiger partial charge in [-0.1, -0.05) is 30.3 Å². The first-order valence-electron chi connectivity index (χ1n) is 14.0. The molecule has 2 aromatic heterocycles. The summed E-state index contributed by atoms with van der Waals surface area (Å²) in [6.45, 7) is 4.35. The highest BCUT2D eigenvalue weighted by atomic mass is 19.1. The molecule has 42 heavy (non-hydrogen) atoms. The van der Waals surface area contributed by atoms with E-state index in [1.165, 1.54) is 6.08 Å². The molecule has 0 unspecified atom stereocenters. The van der Waals surface area contributed by atoms with E-state index in [0.29, 0.717) is 44.2 Å². The van der Waals surface area contributed by atoms with Crippen molar-refractivity contribution in [3.8, 4) is 11.3 Å². The van der Waals surface area contributed by atoms with Crippen LogP contribution in [0.3, 0.4) is 0 Å². The van der Waals surface area contributed by atoms with Crippen molar-refractivity contribution in [2.75, 3.05) is 61.5 Å².